The van der Waals surface area contributed by atoms with Crippen LogP contribution < -0.4 is 5.32 Å². The SMILES string of the molecule is CCNC(c1ccccc1C)C1Cc2ccccc2S1. The Morgan fingerprint density at radius 1 is 1.15 bits per heavy atom. The third-order valence-electron chi connectivity index (χ3n) is 3.99. The van der Waals surface area contributed by atoms with Crippen LogP contribution in [-0.4, -0.2) is 11.8 Å². The third-order valence-corrected chi connectivity index (χ3v) is 5.39. The maximum atomic E-state index is 3.70. The molecule has 1 heterocycles. The van der Waals surface area contributed by atoms with Crippen molar-refractivity contribution >= 4 is 11.8 Å². The predicted octanol–water partition coefficient (Wildman–Crippen LogP) is 4.36. The van der Waals surface area contributed by atoms with Crippen LogP contribution >= 0.6 is 11.8 Å². The molecule has 2 atom stereocenters. The van der Waals surface area contributed by atoms with E-state index in [0.29, 0.717) is 11.3 Å². The Balaban J connectivity index is 1.88. The molecule has 1 aliphatic heterocycles. The number of hydrogen-bond acceptors (Lipinski definition) is 2. The summed E-state index contributed by atoms with van der Waals surface area (Å²) in [6, 6.07) is 18.0. The van der Waals surface area contributed by atoms with E-state index in [2.05, 4.69) is 67.7 Å². The smallest absolute Gasteiger partial charge is 0.0449 e. The molecule has 1 nitrogen and oxygen atoms in total. The second-order valence-electron chi connectivity index (χ2n) is 5.36. The highest BCUT2D eigenvalue weighted by Gasteiger charge is 2.30. The molecule has 1 aliphatic rings. The van der Waals surface area contributed by atoms with Gasteiger partial charge in [-0.25, -0.2) is 0 Å². The van der Waals surface area contributed by atoms with Crippen LogP contribution in [0.1, 0.15) is 29.7 Å². The summed E-state index contributed by atoms with van der Waals surface area (Å²) in [5.41, 5.74) is 4.33. The Bertz CT molecular complexity index is 568. The zero-order valence-corrected chi connectivity index (χ0v) is 12.9. The van der Waals surface area contributed by atoms with Crippen molar-refractivity contribution in [1.82, 2.24) is 5.32 Å². The molecule has 2 aromatic carbocycles. The van der Waals surface area contributed by atoms with Crippen LogP contribution in [0.15, 0.2) is 53.4 Å². The van der Waals surface area contributed by atoms with Crippen LogP contribution in [0.5, 0.6) is 0 Å². The minimum Gasteiger partial charge on any atom is -0.309 e. The Morgan fingerprint density at radius 3 is 2.65 bits per heavy atom. The standard InChI is InChI=1S/C18H21NS/c1-3-19-18(15-10-6-4-8-13(15)2)17-12-14-9-5-7-11-16(14)20-17/h4-11,17-19H,3,12H2,1-2H3. The molecule has 0 bridgehead atoms. The van der Waals surface area contributed by atoms with Gasteiger partial charge in [0, 0.05) is 16.2 Å². The first-order valence-electron chi connectivity index (χ1n) is 7.33. The van der Waals surface area contributed by atoms with Crippen molar-refractivity contribution in [1.29, 1.82) is 0 Å². The van der Waals surface area contributed by atoms with Gasteiger partial charge >= 0.3 is 0 Å². The molecule has 3 rings (SSSR count). The van der Waals surface area contributed by atoms with Gasteiger partial charge in [-0.15, -0.1) is 11.8 Å². The summed E-state index contributed by atoms with van der Waals surface area (Å²) in [5, 5.41) is 4.29. The van der Waals surface area contributed by atoms with Gasteiger partial charge in [0.1, 0.15) is 0 Å². The van der Waals surface area contributed by atoms with Crippen molar-refractivity contribution < 1.29 is 0 Å². The Morgan fingerprint density at radius 2 is 1.90 bits per heavy atom. The van der Waals surface area contributed by atoms with E-state index in [-0.39, 0.29) is 0 Å². The molecular formula is C18H21NS. The van der Waals surface area contributed by atoms with E-state index in [1.54, 1.807) is 0 Å². The van der Waals surface area contributed by atoms with Crippen molar-refractivity contribution in [3.8, 4) is 0 Å². The summed E-state index contributed by atoms with van der Waals surface area (Å²) in [4.78, 5) is 1.45. The van der Waals surface area contributed by atoms with E-state index in [4.69, 9.17) is 0 Å². The van der Waals surface area contributed by atoms with Gasteiger partial charge in [0.25, 0.3) is 0 Å². The lowest BCUT2D eigenvalue weighted by atomic mass is 9.95. The highest BCUT2D eigenvalue weighted by Crippen LogP contribution is 2.42. The van der Waals surface area contributed by atoms with E-state index in [0.717, 1.165) is 13.0 Å². The first kappa shape index (κ1) is 13.7. The summed E-state index contributed by atoms with van der Waals surface area (Å²) < 4.78 is 0. The lowest BCUT2D eigenvalue weighted by molar-refractivity contribution is 0.529. The molecule has 0 aromatic heterocycles. The molecular weight excluding hydrogens is 262 g/mol. The molecule has 0 saturated carbocycles. The lowest BCUT2D eigenvalue weighted by Gasteiger charge is -2.25. The summed E-state index contributed by atoms with van der Waals surface area (Å²) in [6.45, 7) is 5.41. The number of nitrogens with one attached hydrogen (secondary N) is 1. The van der Waals surface area contributed by atoms with Crippen LogP contribution in [0.3, 0.4) is 0 Å². The van der Waals surface area contributed by atoms with Crippen molar-refractivity contribution in [2.24, 2.45) is 0 Å². The monoisotopic (exact) mass is 283 g/mol. The van der Waals surface area contributed by atoms with E-state index >= 15 is 0 Å². The minimum atomic E-state index is 0.429. The molecule has 0 amide bonds. The fourth-order valence-corrected chi connectivity index (χ4v) is 4.42. The van der Waals surface area contributed by atoms with Crippen LogP contribution in [0.4, 0.5) is 0 Å². The van der Waals surface area contributed by atoms with E-state index < -0.39 is 0 Å². The molecule has 0 spiro atoms. The molecule has 2 unspecified atom stereocenters. The summed E-state index contributed by atoms with van der Waals surface area (Å²) in [6.07, 6.45) is 1.16. The quantitative estimate of drug-likeness (QED) is 0.894. The van der Waals surface area contributed by atoms with Crippen LogP contribution in [0.2, 0.25) is 0 Å². The van der Waals surface area contributed by atoms with Gasteiger partial charge in [-0.3, -0.25) is 0 Å². The van der Waals surface area contributed by atoms with E-state index in [1.165, 1.54) is 21.6 Å². The maximum absolute atomic E-state index is 3.70. The fraction of sp³-hybridized carbons (Fsp3) is 0.333. The summed E-state index contributed by atoms with van der Waals surface area (Å²) >= 11 is 2.03. The van der Waals surface area contributed by atoms with Gasteiger partial charge in [-0.2, -0.15) is 0 Å². The van der Waals surface area contributed by atoms with E-state index in [1.807, 2.05) is 11.8 Å². The molecule has 1 N–H and O–H groups in total. The second kappa shape index (κ2) is 6.02. The molecule has 2 aromatic rings. The molecule has 0 fully saturated rings. The summed E-state index contributed by atoms with van der Waals surface area (Å²) in [7, 11) is 0. The van der Waals surface area contributed by atoms with Crippen molar-refractivity contribution in [3.05, 3.63) is 65.2 Å². The molecule has 0 aliphatic carbocycles. The van der Waals surface area contributed by atoms with Gasteiger partial charge in [0.05, 0.1) is 0 Å². The fourth-order valence-electron chi connectivity index (χ4n) is 2.99. The lowest BCUT2D eigenvalue weighted by Crippen LogP contribution is -2.30. The van der Waals surface area contributed by atoms with Crippen LogP contribution in [-0.2, 0) is 6.42 Å². The van der Waals surface area contributed by atoms with Crippen molar-refractivity contribution in [3.63, 3.8) is 0 Å². The largest absolute Gasteiger partial charge is 0.309 e. The van der Waals surface area contributed by atoms with Crippen LogP contribution in [0, 0.1) is 6.92 Å². The van der Waals surface area contributed by atoms with E-state index in [9.17, 15) is 0 Å². The molecule has 2 heteroatoms. The Labute approximate surface area is 125 Å². The second-order valence-corrected chi connectivity index (χ2v) is 6.64. The molecule has 0 saturated heterocycles. The first-order chi connectivity index (χ1) is 9.79. The maximum Gasteiger partial charge on any atom is 0.0449 e. The topological polar surface area (TPSA) is 12.0 Å². The minimum absolute atomic E-state index is 0.429. The predicted molar refractivity (Wildman–Crippen MR) is 87.4 cm³/mol. The third kappa shape index (κ3) is 2.63. The number of rotatable bonds is 4. The zero-order valence-electron chi connectivity index (χ0n) is 12.1. The highest BCUT2D eigenvalue weighted by molar-refractivity contribution is 8.00. The van der Waals surface area contributed by atoms with Gasteiger partial charge in [-0.1, -0.05) is 49.4 Å². The van der Waals surface area contributed by atoms with Crippen molar-refractivity contribution in [2.45, 2.75) is 36.5 Å². The number of benzene rings is 2. The highest BCUT2D eigenvalue weighted by atomic mass is 32.2. The number of fused-ring (bicyclic) bond motifs is 1. The Hall–Kier alpha value is -1.25. The molecule has 104 valence electrons. The van der Waals surface area contributed by atoms with Gasteiger partial charge < -0.3 is 5.32 Å². The van der Waals surface area contributed by atoms with Gasteiger partial charge in [0.2, 0.25) is 0 Å². The average Bonchev–Trinajstić information content (AvgIpc) is 2.89. The normalized spacial score (nSPS) is 18.8. The average molecular weight is 283 g/mol. The number of thioether (sulfide) groups is 1. The van der Waals surface area contributed by atoms with Gasteiger partial charge in [0.15, 0.2) is 0 Å². The zero-order chi connectivity index (χ0) is 13.9. The number of aryl methyl sites for hydroxylation is 1. The Kier molecular flexibility index (Phi) is 4.13. The first-order valence-corrected chi connectivity index (χ1v) is 8.21. The number of hydrogen-bond donors (Lipinski definition) is 1. The molecule has 20 heavy (non-hydrogen) atoms. The molecule has 0 radical (unpaired) electrons. The van der Waals surface area contributed by atoms with Crippen LogP contribution in [0.25, 0.3) is 0 Å². The summed E-state index contributed by atoms with van der Waals surface area (Å²) in [5.74, 6) is 0. The van der Waals surface area contributed by atoms with Gasteiger partial charge in [-0.05, 0) is 42.6 Å². The van der Waals surface area contributed by atoms with Crippen molar-refractivity contribution in [2.75, 3.05) is 6.54 Å².